The van der Waals surface area contributed by atoms with E-state index in [9.17, 15) is 32.4 Å². The predicted molar refractivity (Wildman–Crippen MR) is 194 cm³/mol. The summed E-state index contributed by atoms with van der Waals surface area (Å²) < 4.78 is 40.8. The summed E-state index contributed by atoms with van der Waals surface area (Å²) in [6, 6.07) is 1.34. The minimum atomic E-state index is -3.89. The fourth-order valence-corrected chi connectivity index (χ4v) is 8.50. The molecule has 1 unspecified atom stereocenters. The summed E-state index contributed by atoms with van der Waals surface area (Å²) in [6.07, 6.45) is 8.38. The molecule has 0 aromatic carbocycles. The van der Waals surface area contributed by atoms with Crippen LogP contribution < -0.4 is 15.4 Å². The number of alkyl carbamates (subject to hydrolysis) is 1. The van der Waals surface area contributed by atoms with E-state index in [1.807, 2.05) is 45.1 Å². The zero-order valence-electron chi connectivity index (χ0n) is 31.1. The number of pyridine rings is 1. The number of aromatic nitrogens is 2. The van der Waals surface area contributed by atoms with Crippen molar-refractivity contribution in [3.05, 3.63) is 41.9 Å². The summed E-state index contributed by atoms with van der Waals surface area (Å²) in [4.78, 5) is 74.8. The van der Waals surface area contributed by atoms with Crippen LogP contribution >= 0.6 is 0 Å². The Morgan fingerprint density at radius 1 is 1.15 bits per heavy atom. The second-order valence-corrected chi connectivity index (χ2v) is 18.6. The normalized spacial score (nSPS) is 28.8. The molecular weight excluding hydrogens is 705 g/mol. The number of allylic oxidation sites excluding steroid dienone is 1. The molecule has 4 heterocycles. The van der Waals surface area contributed by atoms with E-state index in [4.69, 9.17) is 9.47 Å². The molecule has 3 N–H and O–H groups in total. The third-order valence-corrected chi connectivity index (χ3v) is 12.5. The molecule has 0 radical (unpaired) electrons. The van der Waals surface area contributed by atoms with Gasteiger partial charge in [0.05, 0.1) is 18.4 Å². The molecular formula is C37H50N6O9S. The lowest BCUT2D eigenvalue weighted by Crippen LogP contribution is -2.60. The number of esters is 1. The summed E-state index contributed by atoms with van der Waals surface area (Å²) in [6.45, 7) is 11.0. The molecule has 2 aromatic rings. The number of amides is 4. The lowest BCUT2D eigenvalue weighted by atomic mass is 9.85. The van der Waals surface area contributed by atoms with Gasteiger partial charge in [-0.25, -0.2) is 23.0 Å². The van der Waals surface area contributed by atoms with Crippen LogP contribution in [0.2, 0.25) is 0 Å². The molecule has 2 aromatic heterocycles. The first kappa shape index (κ1) is 38.3. The number of imidazole rings is 1. The number of hydrogen-bond acceptors (Lipinski definition) is 10. The lowest BCUT2D eigenvalue weighted by molar-refractivity contribution is -0.143. The molecule has 0 spiro atoms. The van der Waals surface area contributed by atoms with Crippen molar-refractivity contribution in [2.75, 3.05) is 13.2 Å². The Labute approximate surface area is 309 Å². The molecule has 16 heteroatoms. The van der Waals surface area contributed by atoms with E-state index < -0.39 is 79.6 Å². The van der Waals surface area contributed by atoms with Crippen LogP contribution in [0.15, 0.2) is 30.6 Å². The molecule has 2 aliphatic carbocycles. The number of sulfonamides is 1. The number of ether oxygens (including phenoxy) is 2. The van der Waals surface area contributed by atoms with Crippen molar-refractivity contribution in [1.29, 1.82) is 0 Å². The number of fused-ring (bicyclic) bond motifs is 3. The Kier molecular flexibility index (Phi) is 10.2. The SMILES string of the molecule is CCC1C[C@]1(NC(=O)[C@@H]1C[C@@H]2CN1C(=O)[C@H](C(C)(C)C)NC(=O)OCC(C)(C)CC/C=C/c1cccn3cc(nc13)C(=O)O2)C(=O)NS(=O)(=O)C1CC1. The molecule has 3 fully saturated rings. The van der Waals surface area contributed by atoms with Crippen molar-refractivity contribution in [1.82, 2.24) is 29.6 Å². The van der Waals surface area contributed by atoms with Crippen LogP contribution in [0.5, 0.6) is 0 Å². The van der Waals surface area contributed by atoms with E-state index in [-0.39, 0.29) is 37.6 Å². The Hall–Kier alpha value is -4.47. The van der Waals surface area contributed by atoms with Gasteiger partial charge in [-0.2, -0.15) is 0 Å². The van der Waals surface area contributed by atoms with E-state index >= 15 is 0 Å². The van der Waals surface area contributed by atoms with Crippen molar-refractivity contribution in [3.63, 3.8) is 0 Å². The highest BCUT2D eigenvalue weighted by Gasteiger charge is 2.62. The molecule has 1 saturated heterocycles. The first-order valence-corrected chi connectivity index (χ1v) is 19.9. The molecule has 4 amide bonds. The fourth-order valence-electron chi connectivity index (χ4n) is 7.14. The average molecular weight is 755 g/mol. The standard InChI is InChI=1S/C37H50N6O9S/c1-7-23-18-37(23,33(47)41-53(49,50)25-13-14-25)40-30(44)27-17-24-19-43(27)31(45)28(35(2,3)4)39-34(48)51-21-36(5,6)15-9-8-11-22-12-10-16-42-20-26(32(46)52-24)38-29(22)42/h8,10-12,16,20,23-25,27-28H,7,9,13-15,17-19,21H2,1-6H3,(H,39,48)(H,40,44)(H,41,47)/b11-8+/t23?,24-,27+,28-,37-/m1/s1. The molecule has 15 nitrogen and oxygen atoms in total. The van der Waals surface area contributed by atoms with Gasteiger partial charge in [-0.3, -0.25) is 19.1 Å². The van der Waals surface area contributed by atoms with Crippen LogP contribution in [0.25, 0.3) is 11.7 Å². The van der Waals surface area contributed by atoms with Crippen molar-refractivity contribution in [2.24, 2.45) is 16.7 Å². The van der Waals surface area contributed by atoms with Gasteiger partial charge in [0.2, 0.25) is 21.8 Å². The van der Waals surface area contributed by atoms with Gasteiger partial charge in [-0.15, -0.1) is 0 Å². The third-order valence-electron chi connectivity index (χ3n) is 10.6. The maximum absolute atomic E-state index is 14.5. The van der Waals surface area contributed by atoms with Crippen LogP contribution in [0, 0.1) is 16.7 Å². The van der Waals surface area contributed by atoms with E-state index in [2.05, 4.69) is 20.3 Å². The Bertz CT molecular complexity index is 1950. The van der Waals surface area contributed by atoms with Gasteiger partial charge in [0.1, 0.15) is 29.4 Å². The lowest BCUT2D eigenvalue weighted by Gasteiger charge is -2.35. The number of carbonyl (C=O) groups excluding carboxylic acids is 5. The maximum Gasteiger partial charge on any atom is 0.407 e. The van der Waals surface area contributed by atoms with Gasteiger partial charge < -0.3 is 29.4 Å². The van der Waals surface area contributed by atoms with Crippen LogP contribution in [-0.2, 0) is 33.9 Å². The molecule has 2 saturated carbocycles. The Balaban J connectivity index is 1.32. The summed E-state index contributed by atoms with van der Waals surface area (Å²) in [5.41, 5.74) is -1.36. The first-order valence-electron chi connectivity index (χ1n) is 18.3. The number of nitrogens with one attached hydrogen (secondary N) is 3. The average Bonchev–Trinajstić information content (AvgIpc) is 3.97. The van der Waals surface area contributed by atoms with Gasteiger partial charge in [-0.05, 0) is 61.0 Å². The van der Waals surface area contributed by atoms with Crippen LogP contribution in [0.3, 0.4) is 0 Å². The highest BCUT2D eigenvalue weighted by molar-refractivity contribution is 7.91. The van der Waals surface area contributed by atoms with Crippen LogP contribution in [0.4, 0.5) is 4.79 Å². The van der Waals surface area contributed by atoms with Crippen LogP contribution in [-0.4, -0.2) is 94.6 Å². The number of nitrogens with zero attached hydrogens (tertiary/aromatic N) is 3. The van der Waals surface area contributed by atoms with Crippen molar-refractivity contribution >= 4 is 51.5 Å². The smallest absolute Gasteiger partial charge is 0.407 e. The zero-order valence-corrected chi connectivity index (χ0v) is 32.0. The first-order chi connectivity index (χ1) is 24.8. The second kappa shape index (κ2) is 14.1. The largest absolute Gasteiger partial charge is 0.456 e. The second-order valence-electron chi connectivity index (χ2n) is 16.7. The van der Waals surface area contributed by atoms with Crippen molar-refractivity contribution in [2.45, 2.75) is 115 Å². The molecule has 2 aliphatic heterocycles. The number of rotatable bonds is 6. The molecule has 53 heavy (non-hydrogen) atoms. The zero-order chi connectivity index (χ0) is 38.5. The highest BCUT2D eigenvalue weighted by atomic mass is 32.2. The monoisotopic (exact) mass is 754 g/mol. The quantitative estimate of drug-likeness (QED) is 0.369. The number of cyclic esters (lactones) is 1. The van der Waals surface area contributed by atoms with Gasteiger partial charge >= 0.3 is 12.1 Å². The fraction of sp³-hybridized carbons (Fsp3) is 0.622. The molecule has 288 valence electrons. The summed E-state index contributed by atoms with van der Waals surface area (Å²) >= 11 is 0. The maximum atomic E-state index is 14.5. The molecule has 4 aliphatic rings. The van der Waals surface area contributed by atoms with E-state index in [1.54, 1.807) is 37.6 Å². The predicted octanol–water partition coefficient (Wildman–Crippen LogP) is 3.33. The number of carbonyl (C=O) groups is 5. The van der Waals surface area contributed by atoms with Gasteiger partial charge in [0.25, 0.3) is 5.91 Å². The van der Waals surface area contributed by atoms with Crippen LogP contribution in [0.1, 0.15) is 103 Å². The molecule has 5 atom stereocenters. The summed E-state index contributed by atoms with van der Waals surface area (Å²) in [5.74, 6) is -3.20. The van der Waals surface area contributed by atoms with Gasteiger partial charge in [-0.1, -0.05) is 60.1 Å². The number of hydrogen-bond donors (Lipinski definition) is 3. The minimum absolute atomic E-state index is 0.0420. The van der Waals surface area contributed by atoms with Gasteiger partial charge in [0.15, 0.2) is 5.69 Å². The van der Waals surface area contributed by atoms with Gasteiger partial charge in [0, 0.05) is 24.4 Å². The molecule has 4 bridgehead atoms. The highest BCUT2D eigenvalue weighted by Crippen LogP contribution is 2.47. The van der Waals surface area contributed by atoms with Crippen molar-refractivity contribution in [3.8, 4) is 0 Å². The van der Waals surface area contributed by atoms with E-state index in [0.29, 0.717) is 37.8 Å². The Morgan fingerprint density at radius 3 is 2.55 bits per heavy atom. The third kappa shape index (κ3) is 8.21. The van der Waals surface area contributed by atoms with E-state index in [1.165, 1.54) is 4.90 Å². The summed E-state index contributed by atoms with van der Waals surface area (Å²) in [7, 11) is -3.89. The Morgan fingerprint density at radius 2 is 1.89 bits per heavy atom. The topological polar surface area (TPSA) is 195 Å². The van der Waals surface area contributed by atoms with E-state index in [0.717, 1.165) is 5.56 Å². The minimum Gasteiger partial charge on any atom is -0.456 e. The summed E-state index contributed by atoms with van der Waals surface area (Å²) in [5, 5.41) is 4.88. The van der Waals surface area contributed by atoms with Crippen molar-refractivity contribution < 1.29 is 41.9 Å². The molecule has 6 rings (SSSR count).